The Bertz CT molecular complexity index is 558. The lowest BCUT2D eigenvalue weighted by molar-refractivity contribution is 0.580. The zero-order valence-corrected chi connectivity index (χ0v) is 13.1. The number of hydrogen-bond acceptors (Lipinski definition) is 2. The molecule has 114 valence electrons. The van der Waals surface area contributed by atoms with Crippen molar-refractivity contribution in [2.24, 2.45) is 0 Å². The molecule has 0 spiro atoms. The summed E-state index contributed by atoms with van der Waals surface area (Å²) in [7, 11) is 0. The van der Waals surface area contributed by atoms with E-state index in [9.17, 15) is 4.39 Å². The Morgan fingerprint density at radius 3 is 2.57 bits per heavy atom. The van der Waals surface area contributed by atoms with Crippen LogP contribution in [-0.4, -0.2) is 15.8 Å². The van der Waals surface area contributed by atoms with Gasteiger partial charge in [-0.15, -0.1) is 0 Å². The summed E-state index contributed by atoms with van der Waals surface area (Å²) in [6.07, 6.45) is 4.05. The Hall–Kier alpha value is -1.68. The maximum absolute atomic E-state index is 13.0. The molecule has 0 aliphatic heterocycles. The predicted octanol–water partition coefficient (Wildman–Crippen LogP) is 3.52. The molecule has 21 heavy (non-hydrogen) atoms. The van der Waals surface area contributed by atoms with Crippen LogP contribution in [0.1, 0.15) is 44.0 Å². The van der Waals surface area contributed by atoms with Gasteiger partial charge in [-0.2, -0.15) is 5.10 Å². The van der Waals surface area contributed by atoms with Crippen LogP contribution in [0.15, 0.2) is 30.5 Å². The minimum absolute atomic E-state index is 0.199. The van der Waals surface area contributed by atoms with Crippen molar-refractivity contribution in [1.82, 2.24) is 15.1 Å². The standard InChI is InChI=1S/C17H24FN3/c1-4-5-17-15(10-19-13(2)3)11-20-21(17)12-14-6-8-16(18)9-7-14/h6-9,11,13,19H,4-5,10,12H2,1-3H3. The van der Waals surface area contributed by atoms with Gasteiger partial charge in [0.25, 0.3) is 0 Å². The quantitative estimate of drug-likeness (QED) is 0.845. The molecule has 0 aliphatic rings. The van der Waals surface area contributed by atoms with Gasteiger partial charge in [-0.05, 0) is 24.1 Å². The molecular formula is C17H24FN3. The summed E-state index contributed by atoms with van der Waals surface area (Å²) >= 11 is 0. The Labute approximate surface area is 126 Å². The van der Waals surface area contributed by atoms with Gasteiger partial charge in [0.05, 0.1) is 12.7 Å². The summed E-state index contributed by atoms with van der Waals surface area (Å²) in [5.74, 6) is -0.199. The summed E-state index contributed by atoms with van der Waals surface area (Å²) in [6, 6.07) is 7.09. The van der Waals surface area contributed by atoms with E-state index in [1.54, 1.807) is 0 Å². The fourth-order valence-electron chi connectivity index (χ4n) is 2.34. The summed E-state index contributed by atoms with van der Waals surface area (Å²) in [5, 5.41) is 7.96. The van der Waals surface area contributed by atoms with Crippen molar-refractivity contribution in [2.45, 2.75) is 52.7 Å². The lowest BCUT2D eigenvalue weighted by atomic mass is 10.1. The van der Waals surface area contributed by atoms with Crippen molar-refractivity contribution in [2.75, 3.05) is 0 Å². The second-order valence-electron chi connectivity index (χ2n) is 5.69. The van der Waals surface area contributed by atoms with Crippen LogP contribution in [0.5, 0.6) is 0 Å². The zero-order chi connectivity index (χ0) is 15.2. The van der Waals surface area contributed by atoms with Gasteiger partial charge in [0.1, 0.15) is 5.82 Å². The van der Waals surface area contributed by atoms with Gasteiger partial charge >= 0.3 is 0 Å². The van der Waals surface area contributed by atoms with Crippen LogP contribution in [0.2, 0.25) is 0 Å². The number of nitrogens with zero attached hydrogens (tertiary/aromatic N) is 2. The maximum atomic E-state index is 13.0. The second kappa shape index (κ2) is 7.36. The summed E-state index contributed by atoms with van der Waals surface area (Å²) in [6.45, 7) is 7.99. The van der Waals surface area contributed by atoms with Gasteiger partial charge in [0.15, 0.2) is 0 Å². The van der Waals surface area contributed by atoms with Gasteiger partial charge in [-0.25, -0.2) is 4.39 Å². The van der Waals surface area contributed by atoms with Crippen LogP contribution in [0, 0.1) is 5.82 Å². The molecule has 0 aliphatic carbocycles. The van der Waals surface area contributed by atoms with E-state index >= 15 is 0 Å². The Morgan fingerprint density at radius 2 is 1.95 bits per heavy atom. The first-order chi connectivity index (χ1) is 10.1. The van der Waals surface area contributed by atoms with Crippen LogP contribution in [0.25, 0.3) is 0 Å². The number of nitrogens with one attached hydrogen (secondary N) is 1. The first-order valence-electron chi connectivity index (χ1n) is 7.61. The van der Waals surface area contributed by atoms with Crippen LogP contribution < -0.4 is 5.32 Å². The number of rotatable bonds is 7. The number of aromatic nitrogens is 2. The van der Waals surface area contributed by atoms with E-state index in [4.69, 9.17) is 0 Å². The molecule has 1 N–H and O–H groups in total. The van der Waals surface area contributed by atoms with Crippen LogP contribution >= 0.6 is 0 Å². The average molecular weight is 289 g/mol. The molecule has 0 amide bonds. The fourth-order valence-corrected chi connectivity index (χ4v) is 2.34. The molecule has 0 saturated heterocycles. The van der Waals surface area contributed by atoms with Crippen molar-refractivity contribution in [3.05, 3.63) is 53.1 Å². The van der Waals surface area contributed by atoms with E-state index in [0.29, 0.717) is 12.6 Å². The van der Waals surface area contributed by atoms with Crippen molar-refractivity contribution in [3.63, 3.8) is 0 Å². The molecule has 2 aromatic rings. The van der Waals surface area contributed by atoms with Crippen LogP contribution in [0.4, 0.5) is 4.39 Å². The van der Waals surface area contributed by atoms with Gasteiger partial charge in [0.2, 0.25) is 0 Å². The molecule has 0 saturated carbocycles. The lowest BCUT2D eigenvalue weighted by Crippen LogP contribution is -2.22. The van der Waals surface area contributed by atoms with E-state index in [2.05, 4.69) is 31.2 Å². The molecule has 3 nitrogen and oxygen atoms in total. The highest BCUT2D eigenvalue weighted by Crippen LogP contribution is 2.14. The third-order valence-electron chi connectivity index (χ3n) is 3.47. The van der Waals surface area contributed by atoms with Gasteiger partial charge in [0, 0.05) is 23.8 Å². The summed E-state index contributed by atoms with van der Waals surface area (Å²) < 4.78 is 15.0. The van der Waals surface area contributed by atoms with E-state index in [-0.39, 0.29) is 5.82 Å². The number of hydrogen-bond donors (Lipinski definition) is 1. The van der Waals surface area contributed by atoms with Crippen LogP contribution in [-0.2, 0) is 19.5 Å². The maximum Gasteiger partial charge on any atom is 0.123 e. The highest BCUT2D eigenvalue weighted by molar-refractivity contribution is 5.21. The third kappa shape index (κ3) is 4.39. The molecule has 0 unspecified atom stereocenters. The van der Waals surface area contributed by atoms with Gasteiger partial charge in [-0.3, -0.25) is 4.68 Å². The largest absolute Gasteiger partial charge is 0.310 e. The van der Waals surface area contributed by atoms with Gasteiger partial charge in [-0.1, -0.05) is 39.3 Å². The summed E-state index contributed by atoms with van der Waals surface area (Å²) in [4.78, 5) is 0. The van der Waals surface area contributed by atoms with Crippen molar-refractivity contribution in [3.8, 4) is 0 Å². The highest BCUT2D eigenvalue weighted by Gasteiger charge is 2.10. The molecule has 0 atom stereocenters. The smallest absolute Gasteiger partial charge is 0.123 e. The van der Waals surface area contributed by atoms with Crippen LogP contribution in [0.3, 0.4) is 0 Å². The van der Waals surface area contributed by atoms with E-state index in [0.717, 1.165) is 24.9 Å². The average Bonchev–Trinajstić information content (AvgIpc) is 2.82. The molecule has 1 aromatic carbocycles. The Kier molecular flexibility index (Phi) is 5.51. The minimum Gasteiger partial charge on any atom is -0.310 e. The van der Waals surface area contributed by atoms with E-state index in [1.807, 2.05) is 23.0 Å². The second-order valence-corrected chi connectivity index (χ2v) is 5.69. The highest BCUT2D eigenvalue weighted by atomic mass is 19.1. The Morgan fingerprint density at radius 1 is 1.24 bits per heavy atom. The minimum atomic E-state index is -0.199. The molecule has 0 fully saturated rings. The monoisotopic (exact) mass is 289 g/mol. The van der Waals surface area contributed by atoms with Crippen molar-refractivity contribution in [1.29, 1.82) is 0 Å². The number of halogens is 1. The molecular weight excluding hydrogens is 265 g/mol. The van der Waals surface area contributed by atoms with Crippen molar-refractivity contribution < 1.29 is 4.39 Å². The topological polar surface area (TPSA) is 29.9 Å². The zero-order valence-electron chi connectivity index (χ0n) is 13.1. The molecule has 0 radical (unpaired) electrons. The third-order valence-corrected chi connectivity index (χ3v) is 3.47. The normalized spacial score (nSPS) is 11.3. The number of benzene rings is 1. The Balaban J connectivity index is 2.16. The molecule has 1 aromatic heterocycles. The van der Waals surface area contributed by atoms with Gasteiger partial charge < -0.3 is 5.32 Å². The molecule has 1 heterocycles. The molecule has 4 heteroatoms. The fraction of sp³-hybridized carbons (Fsp3) is 0.471. The molecule has 0 bridgehead atoms. The van der Waals surface area contributed by atoms with E-state index in [1.165, 1.54) is 23.4 Å². The molecule has 2 rings (SSSR count). The summed E-state index contributed by atoms with van der Waals surface area (Å²) in [5.41, 5.74) is 3.60. The van der Waals surface area contributed by atoms with E-state index < -0.39 is 0 Å². The van der Waals surface area contributed by atoms with Crippen molar-refractivity contribution >= 4 is 0 Å². The first kappa shape index (κ1) is 15.7. The SMILES string of the molecule is CCCc1c(CNC(C)C)cnn1Cc1ccc(F)cc1. The first-order valence-corrected chi connectivity index (χ1v) is 7.61. The lowest BCUT2D eigenvalue weighted by Gasteiger charge is -2.11. The predicted molar refractivity (Wildman–Crippen MR) is 83.7 cm³/mol.